The first-order valence-corrected chi connectivity index (χ1v) is 21.3. The summed E-state index contributed by atoms with van der Waals surface area (Å²) in [6, 6.07) is 19.0. The van der Waals surface area contributed by atoms with E-state index < -0.39 is 0 Å². The number of allylic oxidation sites excluding steroid dienone is 2. The lowest BCUT2D eigenvalue weighted by molar-refractivity contribution is 0.397. The standard InChI is InChI=1S/C13H18.C12H16.4C6H14.C5H12/c1-11-5-7-12(8-6-11)9-10-13(2,3)4;1-12(2,3)10-9-11-7-5-4-6-8-11;4*1-5-6(2,3)4;1-5(2,3)4/h5-10H,1-4H3;4-10H,1-3H3;4*5H2,1-4H3;1-4H3/b2*10-9+;;;;;. The van der Waals surface area contributed by atoms with Crippen molar-refractivity contribution in [2.24, 2.45) is 37.9 Å². The first kappa shape index (κ1) is 61.1. The van der Waals surface area contributed by atoms with E-state index in [1.165, 1.54) is 42.4 Å². The van der Waals surface area contributed by atoms with E-state index in [0.29, 0.717) is 27.1 Å². The molecule has 0 atom stereocenters. The lowest BCUT2D eigenvalue weighted by atomic mass is 9.94. The Morgan fingerprint density at radius 2 is 0.556 bits per heavy atom. The van der Waals surface area contributed by atoms with Gasteiger partial charge in [0.25, 0.3) is 0 Å². The van der Waals surface area contributed by atoms with Crippen LogP contribution in [-0.4, -0.2) is 0 Å². The largest absolute Gasteiger partial charge is 0.0785 e. The topological polar surface area (TPSA) is 0 Å². The van der Waals surface area contributed by atoms with Gasteiger partial charge in [-0.25, -0.2) is 0 Å². The van der Waals surface area contributed by atoms with Gasteiger partial charge in [0, 0.05) is 0 Å². The van der Waals surface area contributed by atoms with E-state index in [0.717, 1.165) is 0 Å². The fourth-order valence-electron chi connectivity index (χ4n) is 1.93. The Hall–Kier alpha value is -2.08. The van der Waals surface area contributed by atoms with Crippen LogP contribution >= 0.6 is 0 Å². The van der Waals surface area contributed by atoms with Gasteiger partial charge in [-0.2, -0.15) is 0 Å². The van der Waals surface area contributed by atoms with Crippen LogP contribution in [-0.2, 0) is 0 Å². The molecule has 0 bridgehead atoms. The molecule has 0 heterocycles. The summed E-state index contributed by atoms with van der Waals surface area (Å²) in [5.41, 5.74) is 7.07. The first-order valence-electron chi connectivity index (χ1n) is 21.3. The molecule has 2 rings (SSSR count). The number of benzene rings is 2. The zero-order valence-electron chi connectivity index (χ0n) is 42.3. The molecule has 54 heavy (non-hydrogen) atoms. The van der Waals surface area contributed by atoms with E-state index >= 15 is 0 Å². The molecular formula is C54H102. The third-order valence-corrected chi connectivity index (χ3v) is 7.67. The molecule has 0 aromatic heterocycles. The minimum absolute atomic E-state index is 0.269. The summed E-state index contributed by atoms with van der Waals surface area (Å²) in [6.07, 6.45) is 13.9. The molecule has 2 aromatic rings. The third-order valence-electron chi connectivity index (χ3n) is 7.67. The molecule has 0 fully saturated rings. The molecule has 0 saturated carbocycles. The second-order valence-corrected chi connectivity index (χ2v) is 23.4. The van der Waals surface area contributed by atoms with Crippen molar-refractivity contribution in [1.82, 2.24) is 0 Å². The van der Waals surface area contributed by atoms with Crippen LogP contribution in [0.5, 0.6) is 0 Å². The normalized spacial score (nSPS) is 12.1. The summed E-state index contributed by atoms with van der Waals surface area (Å²) in [4.78, 5) is 0. The summed E-state index contributed by atoms with van der Waals surface area (Å²) >= 11 is 0. The summed E-state index contributed by atoms with van der Waals surface area (Å²) in [6.45, 7) is 59.8. The number of rotatable bonds is 2. The average Bonchev–Trinajstić information content (AvgIpc) is 2.99. The van der Waals surface area contributed by atoms with Crippen LogP contribution in [0.2, 0.25) is 0 Å². The Labute approximate surface area is 344 Å². The van der Waals surface area contributed by atoms with Gasteiger partial charge in [0.1, 0.15) is 0 Å². The van der Waals surface area contributed by atoms with Gasteiger partial charge < -0.3 is 0 Å². The van der Waals surface area contributed by atoms with Crippen molar-refractivity contribution in [2.75, 3.05) is 0 Å². The number of hydrogen-bond acceptors (Lipinski definition) is 0. The predicted molar refractivity (Wildman–Crippen MR) is 259 cm³/mol. The molecule has 0 spiro atoms. The summed E-state index contributed by atoms with van der Waals surface area (Å²) in [5.74, 6) is 0. The molecule has 2 aromatic carbocycles. The van der Waals surface area contributed by atoms with E-state index in [1.54, 1.807) is 0 Å². The quantitative estimate of drug-likeness (QED) is 0.287. The van der Waals surface area contributed by atoms with Crippen LogP contribution in [0.25, 0.3) is 12.2 Å². The number of aryl methyl sites for hydroxylation is 1. The Bertz CT molecular complexity index is 1070. The van der Waals surface area contributed by atoms with Gasteiger partial charge in [0.2, 0.25) is 0 Å². The minimum atomic E-state index is 0.269. The Morgan fingerprint density at radius 3 is 0.741 bits per heavy atom. The highest BCUT2D eigenvalue weighted by Crippen LogP contribution is 2.19. The highest BCUT2D eigenvalue weighted by Gasteiger charge is 2.06. The maximum atomic E-state index is 2.24. The van der Waals surface area contributed by atoms with Crippen LogP contribution in [0.1, 0.15) is 222 Å². The van der Waals surface area contributed by atoms with Crippen LogP contribution in [0, 0.1) is 44.8 Å². The van der Waals surface area contributed by atoms with Gasteiger partial charge in [0.15, 0.2) is 0 Å². The smallest absolute Gasteiger partial charge is 0.0200 e. The van der Waals surface area contributed by atoms with Crippen molar-refractivity contribution < 1.29 is 0 Å². The zero-order chi connectivity index (χ0) is 44.3. The molecular weight excluding hydrogens is 649 g/mol. The number of hydrogen-bond donors (Lipinski definition) is 0. The van der Waals surface area contributed by atoms with Crippen molar-refractivity contribution in [1.29, 1.82) is 0 Å². The lowest BCUT2D eigenvalue weighted by Crippen LogP contribution is -2.00. The average molecular weight is 751 g/mol. The zero-order valence-corrected chi connectivity index (χ0v) is 42.3. The highest BCUT2D eigenvalue weighted by atomic mass is 14.1. The third kappa shape index (κ3) is 75.0. The molecule has 0 N–H and O–H groups in total. The van der Waals surface area contributed by atoms with Crippen LogP contribution in [0.15, 0.2) is 66.7 Å². The van der Waals surface area contributed by atoms with Crippen LogP contribution < -0.4 is 0 Å². The second kappa shape index (κ2) is 29.2. The van der Waals surface area contributed by atoms with Gasteiger partial charge in [-0.3, -0.25) is 0 Å². The van der Waals surface area contributed by atoms with Crippen molar-refractivity contribution >= 4 is 12.2 Å². The van der Waals surface area contributed by atoms with Crippen molar-refractivity contribution in [3.8, 4) is 0 Å². The molecule has 0 unspecified atom stereocenters. The predicted octanol–water partition coefficient (Wildman–Crippen LogP) is 19.6. The van der Waals surface area contributed by atoms with Gasteiger partial charge in [-0.1, -0.05) is 290 Å². The maximum Gasteiger partial charge on any atom is -0.0200 e. The highest BCUT2D eigenvalue weighted by molar-refractivity contribution is 5.50. The van der Waals surface area contributed by atoms with Gasteiger partial charge in [-0.15, -0.1) is 0 Å². The molecule has 0 heteroatoms. The molecule has 0 radical (unpaired) electrons. The van der Waals surface area contributed by atoms with E-state index in [-0.39, 0.29) is 10.8 Å². The summed E-state index contributed by atoms with van der Waals surface area (Å²) < 4.78 is 0. The molecule has 0 aliphatic carbocycles. The fourth-order valence-corrected chi connectivity index (χ4v) is 1.93. The minimum Gasteiger partial charge on any atom is -0.0785 e. The lowest BCUT2D eigenvalue weighted by Gasteiger charge is -2.12. The molecule has 0 saturated heterocycles. The van der Waals surface area contributed by atoms with Gasteiger partial charge >= 0.3 is 0 Å². The fraction of sp³-hybridized carbons (Fsp3) is 0.704. The molecule has 0 amide bonds. The summed E-state index contributed by atoms with van der Waals surface area (Å²) in [7, 11) is 0. The van der Waals surface area contributed by atoms with E-state index in [2.05, 4.69) is 260 Å². The first-order chi connectivity index (χ1) is 23.8. The van der Waals surface area contributed by atoms with E-state index in [4.69, 9.17) is 0 Å². The maximum absolute atomic E-state index is 2.24. The van der Waals surface area contributed by atoms with Crippen molar-refractivity contribution in [2.45, 2.75) is 213 Å². The van der Waals surface area contributed by atoms with E-state index in [1.807, 2.05) is 6.07 Å². The van der Waals surface area contributed by atoms with Gasteiger partial charge in [0.05, 0.1) is 0 Å². The monoisotopic (exact) mass is 751 g/mol. The SMILES string of the molecule is CC(C)(C)/C=C/c1ccccc1.CC(C)(C)C.CCC(C)(C)C.CCC(C)(C)C.CCC(C)(C)C.CCC(C)(C)C.Cc1ccc(/C=C/C(C)(C)C)cc1. The molecule has 0 nitrogen and oxygen atoms in total. The Kier molecular flexibility index (Phi) is 33.1. The Morgan fingerprint density at radius 1 is 0.352 bits per heavy atom. The van der Waals surface area contributed by atoms with Gasteiger partial charge in [-0.05, 0) is 56.0 Å². The molecule has 318 valence electrons. The molecule has 0 aliphatic heterocycles. The van der Waals surface area contributed by atoms with Crippen molar-refractivity contribution in [3.63, 3.8) is 0 Å². The van der Waals surface area contributed by atoms with Crippen LogP contribution in [0.3, 0.4) is 0 Å². The summed E-state index contributed by atoms with van der Waals surface area (Å²) in [5, 5.41) is 0. The Balaban J connectivity index is -0.000000180. The van der Waals surface area contributed by atoms with E-state index in [9.17, 15) is 0 Å². The van der Waals surface area contributed by atoms with Crippen LogP contribution in [0.4, 0.5) is 0 Å². The van der Waals surface area contributed by atoms with Crippen molar-refractivity contribution in [3.05, 3.63) is 83.4 Å². The second-order valence-electron chi connectivity index (χ2n) is 23.4. The molecule has 0 aliphatic rings.